The molecule has 0 atom stereocenters. The minimum absolute atomic E-state index is 0. The summed E-state index contributed by atoms with van der Waals surface area (Å²) < 4.78 is 4.94. The number of hydrogen-bond donors (Lipinski definition) is 0. The van der Waals surface area contributed by atoms with Gasteiger partial charge in [-0.2, -0.15) is 0 Å². The average molecular weight is 250 g/mol. The van der Waals surface area contributed by atoms with Crippen LogP contribution in [0.1, 0.15) is 12.8 Å². The fourth-order valence-electron chi connectivity index (χ4n) is 1.15. The van der Waals surface area contributed by atoms with E-state index in [0.717, 1.165) is 13.2 Å². The molecule has 1 heterocycles. The van der Waals surface area contributed by atoms with Crippen LogP contribution in [0, 0.1) is 64.2 Å². The quantitative estimate of drug-likeness (QED) is 0.601. The normalized spacial score (nSPS) is 22.5. The largest absolute Gasteiger partial charge is 4.00 e. The predicted octanol–water partition coefficient (Wildman–Crippen LogP) is 2.84. The van der Waals surface area contributed by atoms with Crippen molar-refractivity contribution in [3.05, 3.63) is 64.2 Å². The molecule has 0 amide bonds. The smallest absolute Gasteiger partial charge is 0.381 e. The van der Waals surface area contributed by atoms with Crippen LogP contribution in [-0.4, -0.2) is 13.2 Å². The molecule has 3 fully saturated rings. The molecule has 0 aromatic rings. The Kier molecular flexibility index (Phi) is 14.3. The molecule has 2 saturated carbocycles. The van der Waals surface area contributed by atoms with Crippen LogP contribution in [0.15, 0.2) is 0 Å². The molecular formula is C14H18OTi+4. The summed E-state index contributed by atoms with van der Waals surface area (Å²) in [6, 6.07) is 0. The fraction of sp³-hybridized carbons (Fsp3) is 0.286. The average Bonchev–Trinajstić information content (AvgIpc) is 3.09. The number of ether oxygens (including phenoxy) is 1. The third-order valence-corrected chi connectivity index (χ3v) is 1.94. The Labute approximate surface area is 117 Å². The summed E-state index contributed by atoms with van der Waals surface area (Å²) in [6.07, 6.45) is 22.6. The molecule has 10 radical (unpaired) electrons. The van der Waals surface area contributed by atoms with E-state index in [2.05, 4.69) is 0 Å². The molecule has 3 rings (SSSR count). The SMILES string of the molecule is C1CCOC1.[CH]1[CH][CH][CH][CH]1.[CH]1[CH][CH][CH][CH]1.[Ti+4]. The summed E-state index contributed by atoms with van der Waals surface area (Å²) in [4.78, 5) is 0. The maximum Gasteiger partial charge on any atom is 4.00 e. The van der Waals surface area contributed by atoms with E-state index in [1.165, 1.54) is 12.8 Å². The van der Waals surface area contributed by atoms with E-state index in [1.54, 1.807) is 0 Å². The van der Waals surface area contributed by atoms with Crippen molar-refractivity contribution < 1.29 is 26.5 Å². The Morgan fingerprint density at radius 2 is 0.750 bits per heavy atom. The van der Waals surface area contributed by atoms with Crippen molar-refractivity contribution in [2.45, 2.75) is 12.8 Å². The second-order valence-electron chi connectivity index (χ2n) is 3.24. The van der Waals surface area contributed by atoms with Crippen LogP contribution in [0.3, 0.4) is 0 Å². The molecule has 0 bridgehead atoms. The Bertz CT molecular complexity index is 69.3. The minimum Gasteiger partial charge on any atom is -0.381 e. The van der Waals surface area contributed by atoms with Gasteiger partial charge in [0.15, 0.2) is 0 Å². The van der Waals surface area contributed by atoms with Crippen LogP contribution in [0.25, 0.3) is 0 Å². The molecule has 2 heteroatoms. The van der Waals surface area contributed by atoms with Crippen LogP contribution in [0.4, 0.5) is 0 Å². The van der Waals surface area contributed by atoms with Gasteiger partial charge in [0.1, 0.15) is 0 Å². The van der Waals surface area contributed by atoms with Gasteiger partial charge in [0.2, 0.25) is 0 Å². The van der Waals surface area contributed by atoms with Crippen LogP contribution in [0.2, 0.25) is 0 Å². The van der Waals surface area contributed by atoms with Gasteiger partial charge in [-0.25, -0.2) is 0 Å². The van der Waals surface area contributed by atoms with Gasteiger partial charge in [-0.3, -0.25) is 0 Å². The van der Waals surface area contributed by atoms with E-state index in [1.807, 2.05) is 64.2 Å². The van der Waals surface area contributed by atoms with E-state index in [9.17, 15) is 0 Å². The number of hydrogen-bond acceptors (Lipinski definition) is 1. The summed E-state index contributed by atoms with van der Waals surface area (Å²) in [6.45, 7) is 2.00. The molecule has 16 heavy (non-hydrogen) atoms. The topological polar surface area (TPSA) is 9.23 Å². The molecule has 0 aromatic carbocycles. The van der Waals surface area contributed by atoms with Crippen molar-refractivity contribution in [3.8, 4) is 0 Å². The van der Waals surface area contributed by atoms with Gasteiger partial charge in [0.05, 0.1) is 0 Å². The fourth-order valence-corrected chi connectivity index (χ4v) is 1.15. The molecule has 1 saturated heterocycles. The van der Waals surface area contributed by atoms with Crippen molar-refractivity contribution in [2.24, 2.45) is 0 Å². The Morgan fingerprint density at radius 1 is 0.500 bits per heavy atom. The van der Waals surface area contributed by atoms with Crippen molar-refractivity contribution in [3.63, 3.8) is 0 Å². The van der Waals surface area contributed by atoms with Crippen LogP contribution in [0.5, 0.6) is 0 Å². The molecule has 3 aliphatic rings. The van der Waals surface area contributed by atoms with Crippen LogP contribution < -0.4 is 0 Å². The first-order chi connectivity index (χ1) is 7.50. The van der Waals surface area contributed by atoms with E-state index in [0.29, 0.717) is 0 Å². The number of rotatable bonds is 0. The van der Waals surface area contributed by atoms with Crippen molar-refractivity contribution in [1.29, 1.82) is 0 Å². The van der Waals surface area contributed by atoms with E-state index < -0.39 is 0 Å². The van der Waals surface area contributed by atoms with Crippen LogP contribution >= 0.6 is 0 Å². The standard InChI is InChI=1S/2C5H5.C4H8O.Ti/c3*1-2-4-5-3-1;/h2*1-5H;1-4H2;/q;;;+4. The van der Waals surface area contributed by atoms with Crippen molar-refractivity contribution in [2.75, 3.05) is 13.2 Å². The zero-order chi connectivity index (χ0) is 10.6. The molecule has 0 aromatic heterocycles. The molecule has 1 nitrogen and oxygen atoms in total. The van der Waals surface area contributed by atoms with Gasteiger partial charge in [-0.1, -0.05) is 0 Å². The van der Waals surface area contributed by atoms with Crippen molar-refractivity contribution in [1.82, 2.24) is 0 Å². The van der Waals surface area contributed by atoms with Gasteiger partial charge in [0, 0.05) is 13.2 Å². The first kappa shape index (κ1) is 16.7. The second kappa shape index (κ2) is 13.7. The first-order valence-electron chi connectivity index (χ1n) is 5.41. The zero-order valence-electron chi connectivity index (χ0n) is 9.51. The van der Waals surface area contributed by atoms with E-state index in [-0.39, 0.29) is 21.7 Å². The molecule has 0 unspecified atom stereocenters. The summed E-state index contributed by atoms with van der Waals surface area (Å²) in [5.74, 6) is 0. The van der Waals surface area contributed by atoms with Gasteiger partial charge >= 0.3 is 21.7 Å². The molecular weight excluding hydrogens is 232 g/mol. The van der Waals surface area contributed by atoms with E-state index in [4.69, 9.17) is 4.74 Å². The monoisotopic (exact) mass is 250 g/mol. The molecule has 80 valence electrons. The third-order valence-electron chi connectivity index (χ3n) is 1.94. The summed E-state index contributed by atoms with van der Waals surface area (Å²) in [5, 5.41) is 0. The molecule has 1 aliphatic heterocycles. The zero-order valence-corrected chi connectivity index (χ0v) is 11.1. The van der Waals surface area contributed by atoms with Crippen molar-refractivity contribution >= 4 is 0 Å². The second-order valence-corrected chi connectivity index (χ2v) is 3.24. The third kappa shape index (κ3) is 11.2. The maximum absolute atomic E-state index is 4.94. The summed E-state index contributed by atoms with van der Waals surface area (Å²) in [5.41, 5.74) is 0. The van der Waals surface area contributed by atoms with Gasteiger partial charge in [-0.15, -0.1) is 0 Å². The molecule has 2 aliphatic carbocycles. The predicted molar refractivity (Wildman–Crippen MR) is 63.1 cm³/mol. The Morgan fingerprint density at radius 3 is 0.875 bits per heavy atom. The molecule has 0 N–H and O–H groups in total. The van der Waals surface area contributed by atoms with E-state index >= 15 is 0 Å². The van der Waals surface area contributed by atoms with Gasteiger partial charge in [-0.05, 0) is 77.0 Å². The summed E-state index contributed by atoms with van der Waals surface area (Å²) in [7, 11) is 0. The Hall–Kier alpha value is 0.674. The molecule has 0 spiro atoms. The van der Waals surface area contributed by atoms with Crippen LogP contribution in [-0.2, 0) is 26.5 Å². The minimum atomic E-state index is 0. The maximum atomic E-state index is 4.94. The van der Waals surface area contributed by atoms with Gasteiger partial charge in [0.25, 0.3) is 0 Å². The first-order valence-corrected chi connectivity index (χ1v) is 5.41. The Balaban J connectivity index is 0.000000205. The summed E-state index contributed by atoms with van der Waals surface area (Å²) >= 11 is 0. The van der Waals surface area contributed by atoms with Gasteiger partial charge < -0.3 is 4.74 Å².